The monoisotopic (exact) mass is 358 g/mol. The number of rotatable bonds is 5. The van der Waals surface area contributed by atoms with Crippen molar-refractivity contribution in [2.45, 2.75) is 38.8 Å². The quantitative estimate of drug-likeness (QED) is 0.813. The summed E-state index contributed by atoms with van der Waals surface area (Å²) in [6.45, 7) is 7.07. The molecule has 0 aromatic heterocycles. The van der Waals surface area contributed by atoms with Gasteiger partial charge < -0.3 is 10.2 Å². The van der Waals surface area contributed by atoms with Crippen LogP contribution in [0.15, 0.2) is 24.3 Å². The summed E-state index contributed by atoms with van der Waals surface area (Å²) < 4.78 is 1.32. The van der Waals surface area contributed by atoms with Gasteiger partial charge in [-0.1, -0.05) is 19.1 Å². The van der Waals surface area contributed by atoms with Crippen LogP contribution in [0, 0.1) is 3.57 Å². The van der Waals surface area contributed by atoms with Gasteiger partial charge in [-0.05, 0) is 79.2 Å². The maximum Gasteiger partial charge on any atom is 0.0208 e. The van der Waals surface area contributed by atoms with Crippen LogP contribution < -0.4 is 5.32 Å². The molecular weight excluding hydrogens is 335 g/mol. The molecule has 1 aliphatic rings. The van der Waals surface area contributed by atoms with Gasteiger partial charge in [0.1, 0.15) is 0 Å². The fourth-order valence-corrected chi connectivity index (χ4v) is 3.19. The largest absolute Gasteiger partial charge is 0.310 e. The summed E-state index contributed by atoms with van der Waals surface area (Å²) in [6.07, 6.45) is 3.87. The molecular formula is C15H23IN2. The molecule has 0 spiro atoms. The molecule has 0 saturated carbocycles. The summed E-state index contributed by atoms with van der Waals surface area (Å²) >= 11 is 2.38. The Bertz CT molecular complexity index is 359. The molecule has 1 fully saturated rings. The van der Waals surface area contributed by atoms with Crippen LogP contribution in [-0.4, -0.2) is 30.6 Å². The molecule has 0 unspecified atom stereocenters. The molecule has 0 radical (unpaired) electrons. The van der Waals surface area contributed by atoms with Gasteiger partial charge in [0, 0.05) is 16.2 Å². The first-order valence-corrected chi connectivity index (χ1v) is 8.06. The van der Waals surface area contributed by atoms with Gasteiger partial charge in [0.05, 0.1) is 0 Å². The van der Waals surface area contributed by atoms with E-state index in [0.29, 0.717) is 6.04 Å². The van der Waals surface area contributed by atoms with Crippen LogP contribution in [0.2, 0.25) is 0 Å². The van der Waals surface area contributed by atoms with Crippen molar-refractivity contribution in [3.05, 3.63) is 33.4 Å². The topological polar surface area (TPSA) is 15.3 Å². The zero-order valence-corrected chi connectivity index (χ0v) is 13.3. The zero-order valence-electron chi connectivity index (χ0n) is 11.2. The minimum Gasteiger partial charge on any atom is -0.310 e. The summed E-state index contributed by atoms with van der Waals surface area (Å²) in [7, 11) is 0. The highest BCUT2D eigenvalue weighted by atomic mass is 127. The SMILES string of the molecule is CCCN1CCC(NCc2cccc(I)c2)CC1. The minimum absolute atomic E-state index is 0.705. The summed E-state index contributed by atoms with van der Waals surface area (Å²) in [5.74, 6) is 0. The van der Waals surface area contributed by atoms with E-state index in [1.54, 1.807) is 0 Å². The summed E-state index contributed by atoms with van der Waals surface area (Å²) in [6, 6.07) is 9.47. The number of nitrogens with one attached hydrogen (secondary N) is 1. The maximum absolute atomic E-state index is 3.70. The van der Waals surface area contributed by atoms with Crippen molar-refractivity contribution in [1.29, 1.82) is 0 Å². The zero-order chi connectivity index (χ0) is 12.8. The lowest BCUT2D eigenvalue weighted by atomic mass is 10.0. The van der Waals surface area contributed by atoms with E-state index in [9.17, 15) is 0 Å². The fourth-order valence-electron chi connectivity index (χ4n) is 2.59. The average Bonchev–Trinajstić information content (AvgIpc) is 2.38. The molecule has 1 N–H and O–H groups in total. The highest BCUT2D eigenvalue weighted by Gasteiger charge is 2.17. The number of likely N-dealkylation sites (tertiary alicyclic amines) is 1. The Balaban J connectivity index is 1.72. The van der Waals surface area contributed by atoms with E-state index in [-0.39, 0.29) is 0 Å². The third kappa shape index (κ3) is 4.52. The van der Waals surface area contributed by atoms with Crippen LogP contribution in [-0.2, 0) is 6.54 Å². The van der Waals surface area contributed by atoms with E-state index in [0.717, 1.165) is 6.54 Å². The van der Waals surface area contributed by atoms with Gasteiger partial charge in [0.25, 0.3) is 0 Å². The standard InChI is InChI=1S/C15H23IN2/c1-2-8-18-9-6-15(7-10-18)17-12-13-4-3-5-14(16)11-13/h3-5,11,15,17H,2,6-10,12H2,1H3. The first-order chi connectivity index (χ1) is 8.78. The highest BCUT2D eigenvalue weighted by Crippen LogP contribution is 2.12. The molecule has 1 aliphatic heterocycles. The third-order valence-corrected chi connectivity index (χ3v) is 4.28. The van der Waals surface area contributed by atoms with Gasteiger partial charge >= 0.3 is 0 Å². The molecule has 1 aromatic carbocycles. The van der Waals surface area contributed by atoms with Crippen molar-refractivity contribution in [3.63, 3.8) is 0 Å². The maximum atomic E-state index is 3.70. The number of nitrogens with zero attached hydrogens (tertiary/aromatic N) is 1. The molecule has 1 aromatic rings. The number of piperidine rings is 1. The Morgan fingerprint density at radius 1 is 1.33 bits per heavy atom. The van der Waals surface area contributed by atoms with E-state index in [4.69, 9.17) is 0 Å². The molecule has 0 amide bonds. The minimum atomic E-state index is 0.705. The second-order valence-electron chi connectivity index (χ2n) is 5.13. The van der Waals surface area contributed by atoms with Gasteiger partial charge in [0.15, 0.2) is 0 Å². The molecule has 18 heavy (non-hydrogen) atoms. The summed E-state index contributed by atoms with van der Waals surface area (Å²) in [5.41, 5.74) is 1.40. The second kappa shape index (κ2) is 7.46. The van der Waals surface area contributed by atoms with Crippen LogP contribution in [0.4, 0.5) is 0 Å². The first kappa shape index (κ1) is 14.3. The van der Waals surface area contributed by atoms with Crippen molar-refractivity contribution in [2.75, 3.05) is 19.6 Å². The number of benzene rings is 1. The lowest BCUT2D eigenvalue weighted by Crippen LogP contribution is -2.42. The van der Waals surface area contributed by atoms with Crippen LogP contribution in [0.25, 0.3) is 0 Å². The predicted molar refractivity (Wildman–Crippen MR) is 85.8 cm³/mol. The highest BCUT2D eigenvalue weighted by molar-refractivity contribution is 14.1. The Morgan fingerprint density at radius 3 is 2.78 bits per heavy atom. The molecule has 100 valence electrons. The number of hydrogen-bond donors (Lipinski definition) is 1. The summed E-state index contributed by atoms with van der Waals surface area (Å²) in [4.78, 5) is 2.59. The van der Waals surface area contributed by atoms with Crippen LogP contribution in [0.3, 0.4) is 0 Å². The second-order valence-corrected chi connectivity index (χ2v) is 6.37. The van der Waals surface area contributed by atoms with Crippen LogP contribution >= 0.6 is 22.6 Å². The first-order valence-electron chi connectivity index (χ1n) is 6.98. The molecule has 0 bridgehead atoms. The van der Waals surface area contributed by atoms with Crippen molar-refractivity contribution >= 4 is 22.6 Å². The smallest absolute Gasteiger partial charge is 0.0208 e. The molecule has 0 aliphatic carbocycles. The van der Waals surface area contributed by atoms with Crippen molar-refractivity contribution in [1.82, 2.24) is 10.2 Å². The molecule has 1 heterocycles. The lowest BCUT2D eigenvalue weighted by molar-refractivity contribution is 0.197. The van der Waals surface area contributed by atoms with Gasteiger partial charge in [-0.25, -0.2) is 0 Å². The molecule has 1 saturated heterocycles. The molecule has 3 heteroatoms. The Hall–Kier alpha value is -0.130. The third-order valence-electron chi connectivity index (χ3n) is 3.61. The van der Waals surface area contributed by atoms with Crippen molar-refractivity contribution < 1.29 is 0 Å². The Morgan fingerprint density at radius 2 is 2.11 bits per heavy atom. The molecule has 2 nitrogen and oxygen atoms in total. The normalized spacial score (nSPS) is 18.1. The lowest BCUT2D eigenvalue weighted by Gasteiger charge is -2.32. The van der Waals surface area contributed by atoms with E-state index in [1.165, 1.54) is 48.0 Å². The van der Waals surface area contributed by atoms with E-state index in [2.05, 4.69) is 64.0 Å². The van der Waals surface area contributed by atoms with Crippen LogP contribution in [0.5, 0.6) is 0 Å². The number of hydrogen-bond acceptors (Lipinski definition) is 2. The van der Waals surface area contributed by atoms with Gasteiger partial charge in [-0.2, -0.15) is 0 Å². The Labute approximate surface area is 124 Å². The predicted octanol–water partition coefficient (Wildman–Crippen LogP) is 3.26. The van der Waals surface area contributed by atoms with E-state index < -0.39 is 0 Å². The van der Waals surface area contributed by atoms with Gasteiger partial charge in [0.2, 0.25) is 0 Å². The average molecular weight is 358 g/mol. The van der Waals surface area contributed by atoms with Gasteiger partial charge in [-0.3, -0.25) is 0 Å². The molecule has 2 rings (SSSR count). The van der Waals surface area contributed by atoms with E-state index >= 15 is 0 Å². The van der Waals surface area contributed by atoms with Crippen molar-refractivity contribution in [3.8, 4) is 0 Å². The number of halogens is 1. The summed E-state index contributed by atoms with van der Waals surface area (Å²) in [5, 5.41) is 3.70. The van der Waals surface area contributed by atoms with Crippen LogP contribution in [0.1, 0.15) is 31.7 Å². The molecule has 0 atom stereocenters. The Kier molecular flexibility index (Phi) is 5.92. The van der Waals surface area contributed by atoms with Crippen molar-refractivity contribution in [2.24, 2.45) is 0 Å². The van der Waals surface area contributed by atoms with E-state index in [1.807, 2.05) is 0 Å². The fraction of sp³-hybridized carbons (Fsp3) is 0.600. The van der Waals surface area contributed by atoms with Gasteiger partial charge in [-0.15, -0.1) is 0 Å².